The normalized spacial score (nSPS) is 11.5. The van der Waals surface area contributed by atoms with E-state index >= 15 is 0 Å². The van der Waals surface area contributed by atoms with Crippen molar-refractivity contribution in [2.24, 2.45) is 5.73 Å². The van der Waals surface area contributed by atoms with Crippen LogP contribution in [-0.2, 0) is 63.4 Å². The molecule has 3 amide bonds. The zero-order valence-corrected chi connectivity index (χ0v) is 47.7. The second-order valence-corrected chi connectivity index (χ2v) is 27.5. The molecule has 0 saturated carbocycles. The lowest BCUT2D eigenvalue weighted by Crippen LogP contribution is -2.31. The number of amides is 3. The van der Waals surface area contributed by atoms with E-state index in [0.29, 0.717) is 9.75 Å². The van der Waals surface area contributed by atoms with Crippen LogP contribution in [0.15, 0.2) is 137 Å². The Morgan fingerprint density at radius 2 is 0.921 bits per heavy atom. The summed E-state index contributed by atoms with van der Waals surface area (Å²) in [5.74, 6) is -2.24. The number of carbonyl (C=O) groups excluding carboxylic acids is 4. The van der Waals surface area contributed by atoms with E-state index < -0.39 is 70.7 Å². The fourth-order valence-electron chi connectivity index (χ4n) is 5.88. The number of nitrogens with one attached hydrogen (secondary N) is 3. The fourth-order valence-corrected chi connectivity index (χ4v) is 14.1. The van der Waals surface area contributed by atoms with E-state index in [4.69, 9.17) is 25.4 Å². The molecule has 0 radical (unpaired) electrons. The Morgan fingerprint density at radius 3 is 1.29 bits per heavy atom. The molecule has 0 fully saturated rings. The first-order chi connectivity index (χ1) is 35.0. The second-order valence-electron chi connectivity index (χ2n) is 17.4. The maximum Gasteiger partial charge on any atom is 0.407 e. The van der Waals surface area contributed by atoms with Gasteiger partial charge in [0.25, 0.3) is 5.91 Å². The molecule has 3 aromatic carbocycles. The number of halogens is 1. The number of carboxylic acid groups (broad SMARTS) is 1. The van der Waals surface area contributed by atoms with Crippen LogP contribution >= 0.6 is 46.4 Å². The monoisotopic (exact) mass is 1180 g/mol. The van der Waals surface area contributed by atoms with Crippen LogP contribution in [0, 0.1) is 0 Å². The van der Waals surface area contributed by atoms with Crippen LogP contribution < -0.4 is 21.7 Å². The van der Waals surface area contributed by atoms with E-state index in [1.807, 2.05) is 0 Å². The number of methoxy groups -OCH3 is 1. The van der Waals surface area contributed by atoms with E-state index in [1.165, 1.54) is 92.0 Å². The van der Waals surface area contributed by atoms with Gasteiger partial charge in [0.2, 0.25) is 29.5 Å². The molecule has 0 spiro atoms. The number of hydrogen-bond acceptors (Lipinski definition) is 19. The summed E-state index contributed by atoms with van der Waals surface area (Å²) in [7, 11) is -10.1. The first kappa shape index (κ1) is 64.1. The van der Waals surface area contributed by atoms with Gasteiger partial charge in [-0.1, -0.05) is 18.2 Å². The van der Waals surface area contributed by atoms with Gasteiger partial charge in [-0.25, -0.2) is 44.4 Å². The molecule has 3 heterocycles. The van der Waals surface area contributed by atoms with Crippen LogP contribution in [-0.4, -0.2) is 97.0 Å². The topological polar surface area (TPSA) is 318 Å². The van der Waals surface area contributed by atoms with Gasteiger partial charge in [-0.2, -0.15) is 0 Å². The number of carbonyl (C=O) groups is 5. The number of nitrogens with two attached hydrogens (primary N) is 1. The highest BCUT2D eigenvalue weighted by molar-refractivity contribution is 7.94. The molecule has 0 atom stereocenters. The molecule has 6 aromatic rings. The first-order valence-corrected chi connectivity index (χ1v) is 29.1. The molecule has 6 rings (SSSR count). The van der Waals surface area contributed by atoms with E-state index in [-0.39, 0.29) is 89.2 Å². The molecule has 3 aromatic heterocycles. The van der Waals surface area contributed by atoms with Crippen molar-refractivity contribution in [1.29, 1.82) is 0 Å². The van der Waals surface area contributed by atoms with Crippen LogP contribution in [0.3, 0.4) is 0 Å². The number of carboxylic acids is 1. The van der Waals surface area contributed by atoms with Gasteiger partial charge in [0.15, 0.2) is 0 Å². The number of benzene rings is 3. The third kappa shape index (κ3) is 18.8. The maximum absolute atomic E-state index is 12.8. The molecule has 412 valence electrons. The number of esters is 1. The predicted molar refractivity (Wildman–Crippen MR) is 288 cm³/mol. The molecule has 27 heteroatoms. The van der Waals surface area contributed by atoms with E-state index in [9.17, 15) is 49.2 Å². The summed E-state index contributed by atoms with van der Waals surface area (Å²) in [6.45, 7) is 11.0. The zero-order chi connectivity index (χ0) is 55.9. The van der Waals surface area contributed by atoms with Gasteiger partial charge in [0.05, 0.1) is 52.6 Å². The van der Waals surface area contributed by atoms with Crippen molar-refractivity contribution in [3.8, 4) is 0 Å². The Kier molecular flexibility index (Phi) is 23.4. The summed E-state index contributed by atoms with van der Waals surface area (Å²) in [6.07, 6.45) is -1.17. The van der Waals surface area contributed by atoms with E-state index in [1.54, 1.807) is 59.7 Å². The number of aliphatic hydroxyl groups excluding tert-OH is 1. The Labute approximate surface area is 458 Å². The minimum absolute atomic E-state index is 0. The van der Waals surface area contributed by atoms with Crippen molar-refractivity contribution in [3.63, 3.8) is 0 Å². The van der Waals surface area contributed by atoms with E-state index in [2.05, 4.69) is 20.7 Å². The number of alkyl carbamates (subject to hydrolysis) is 2. The smallest absolute Gasteiger partial charge is 0.407 e. The van der Waals surface area contributed by atoms with Crippen molar-refractivity contribution >= 4 is 106 Å². The number of sulfone groups is 3. The lowest BCUT2D eigenvalue weighted by atomic mass is 10.2. The van der Waals surface area contributed by atoms with Gasteiger partial charge in [-0.3, -0.25) is 4.79 Å². The molecule has 20 nitrogen and oxygen atoms in total. The highest BCUT2D eigenvalue weighted by atomic mass is 35.5. The van der Waals surface area contributed by atoms with Gasteiger partial charge in [-0.15, -0.1) is 46.4 Å². The molecule has 0 aliphatic rings. The third-order valence-electron chi connectivity index (χ3n) is 9.28. The van der Waals surface area contributed by atoms with Crippen molar-refractivity contribution in [3.05, 3.63) is 141 Å². The van der Waals surface area contributed by atoms with Crippen LogP contribution in [0.1, 0.15) is 87.2 Å². The summed E-state index contributed by atoms with van der Waals surface area (Å²) < 4.78 is 91.2. The predicted octanol–water partition coefficient (Wildman–Crippen LogP) is 7.88. The number of aromatic carboxylic acids is 1. The Morgan fingerprint density at radius 1 is 0.553 bits per heavy atom. The third-order valence-corrected chi connectivity index (χ3v) is 19.3. The largest absolute Gasteiger partial charge is 0.478 e. The van der Waals surface area contributed by atoms with Gasteiger partial charge in [-0.05, 0) is 133 Å². The van der Waals surface area contributed by atoms with Gasteiger partial charge < -0.3 is 46.1 Å². The number of ether oxygens (including phenoxy) is 3. The number of rotatable bonds is 16. The fraction of sp³-hybridized carbons (Fsp3) is 0.286. The summed E-state index contributed by atoms with van der Waals surface area (Å²) in [4.78, 5) is 59.8. The van der Waals surface area contributed by atoms with Crippen molar-refractivity contribution in [2.75, 3.05) is 20.3 Å². The summed E-state index contributed by atoms with van der Waals surface area (Å²) in [5, 5.41) is 25.3. The quantitative estimate of drug-likeness (QED) is 0.0396. The molecule has 0 saturated heterocycles. The van der Waals surface area contributed by atoms with Crippen LogP contribution in [0.4, 0.5) is 9.59 Å². The Hall–Kier alpha value is -6.23. The molecule has 0 unspecified atom stereocenters. The summed E-state index contributed by atoms with van der Waals surface area (Å²) in [6, 6.07) is 25.9. The Bertz CT molecular complexity index is 3340. The SMILES string of the molecule is CC(C)(C)OC(=O)NCc1ccc(S(=O)(=O)c2cccc(C(=O)O)c2)s1.COC(=O)c1cccc(S(=O)(=O)c2ccc(CNC(=O)OC(C)(C)C)s2)c1.Cl.NCc1ccc(S(=O)(=O)c2cccc(C(=O)NCCO)c2)s1. The lowest BCUT2D eigenvalue weighted by Gasteiger charge is -2.19. The van der Waals surface area contributed by atoms with Gasteiger partial charge >= 0.3 is 24.1 Å². The highest BCUT2D eigenvalue weighted by Gasteiger charge is 2.25. The van der Waals surface area contributed by atoms with Crippen LogP contribution in [0.5, 0.6) is 0 Å². The molecule has 0 aliphatic heterocycles. The molecule has 7 N–H and O–H groups in total. The van der Waals surface area contributed by atoms with Crippen molar-refractivity contribution < 1.29 is 73.6 Å². The molecular formula is C49H57ClN4O16S6. The summed E-state index contributed by atoms with van der Waals surface area (Å²) >= 11 is 3.16. The number of thiophene rings is 3. The zero-order valence-electron chi connectivity index (χ0n) is 42.0. The lowest BCUT2D eigenvalue weighted by molar-refractivity contribution is 0.0512. The molecular weight excluding hydrogens is 1130 g/mol. The van der Waals surface area contributed by atoms with Crippen molar-refractivity contribution in [1.82, 2.24) is 16.0 Å². The molecule has 0 aliphatic carbocycles. The first-order valence-electron chi connectivity index (χ1n) is 22.2. The van der Waals surface area contributed by atoms with Crippen LogP contribution in [0.25, 0.3) is 0 Å². The van der Waals surface area contributed by atoms with Gasteiger partial charge in [0, 0.05) is 33.3 Å². The van der Waals surface area contributed by atoms with E-state index in [0.717, 1.165) is 45.0 Å². The maximum atomic E-state index is 12.8. The number of aliphatic hydroxyl groups is 1. The minimum atomic E-state index is -3.83. The minimum Gasteiger partial charge on any atom is -0.478 e. The highest BCUT2D eigenvalue weighted by Crippen LogP contribution is 2.31. The average Bonchev–Trinajstić information content (AvgIpc) is 4.17. The standard InChI is InChI=1S/C18H21NO6S2.C17H19NO6S2.C14H16N2O4S2.ClH/c1-18(2,3)25-17(21)19-11-13-8-9-15(26-13)27(22,23)14-7-5-6-12(10-14)16(20)24-4;1-17(2,3)24-16(21)18-10-12-7-8-14(25-12)26(22,23)13-6-4-5-11(9-13)15(19)20;15-9-11-4-5-13(21-11)22(19,20)12-3-1-2-10(8-12)14(18)16-6-7-17;/h5-10H,11H2,1-4H3,(H,19,21);4-9H,10H2,1-3H3,(H,18,21)(H,19,20);1-5,8,17H,6-7,9,15H2,(H,16,18);1H. The van der Waals surface area contributed by atoms with Crippen LogP contribution in [0.2, 0.25) is 0 Å². The van der Waals surface area contributed by atoms with Gasteiger partial charge in [0.1, 0.15) is 23.8 Å². The Balaban J connectivity index is 0.000000300. The average molecular weight is 1190 g/mol. The molecule has 0 bridgehead atoms. The number of hydrogen-bond donors (Lipinski definition) is 6. The summed E-state index contributed by atoms with van der Waals surface area (Å²) in [5.41, 5.74) is 4.54. The van der Waals surface area contributed by atoms with Crippen molar-refractivity contribution in [2.45, 2.75) is 99.7 Å². The molecule has 76 heavy (non-hydrogen) atoms. The second kappa shape index (κ2) is 27.7.